The van der Waals surface area contributed by atoms with Crippen molar-refractivity contribution in [2.45, 2.75) is 53.1 Å². The van der Waals surface area contributed by atoms with Gasteiger partial charge in [-0.25, -0.2) is 4.79 Å². The standard InChI is InChI=1S/C13H24O3/c1-5-15-12(14)9-16-11-6-10(2)7-13(3,4)8-11/h10-11H,5-9H2,1-4H3. The Kier molecular flexibility index (Phi) is 4.78. The number of carbonyl (C=O) groups excluding carboxylic acids is 1. The van der Waals surface area contributed by atoms with Crippen LogP contribution in [0.25, 0.3) is 0 Å². The minimum atomic E-state index is -0.251. The molecule has 0 saturated heterocycles. The molecule has 0 aromatic carbocycles. The highest BCUT2D eigenvalue weighted by atomic mass is 16.6. The van der Waals surface area contributed by atoms with Crippen LogP contribution in [0.15, 0.2) is 0 Å². The van der Waals surface area contributed by atoms with Gasteiger partial charge in [-0.3, -0.25) is 0 Å². The van der Waals surface area contributed by atoms with Crippen molar-refractivity contribution in [1.82, 2.24) is 0 Å². The molecule has 0 heterocycles. The van der Waals surface area contributed by atoms with Gasteiger partial charge in [-0.15, -0.1) is 0 Å². The summed E-state index contributed by atoms with van der Waals surface area (Å²) in [6.45, 7) is 9.12. The van der Waals surface area contributed by atoms with Crippen molar-refractivity contribution in [2.75, 3.05) is 13.2 Å². The van der Waals surface area contributed by atoms with Gasteiger partial charge in [0.05, 0.1) is 12.7 Å². The van der Waals surface area contributed by atoms with Gasteiger partial charge in [0.1, 0.15) is 6.61 Å². The number of hydrogen-bond donors (Lipinski definition) is 0. The Bertz CT molecular complexity index is 235. The second-order valence-corrected chi connectivity index (χ2v) is 5.65. The second-order valence-electron chi connectivity index (χ2n) is 5.65. The number of hydrogen-bond acceptors (Lipinski definition) is 3. The molecule has 16 heavy (non-hydrogen) atoms. The van der Waals surface area contributed by atoms with E-state index in [0.717, 1.165) is 12.8 Å². The van der Waals surface area contributed by atoms with E-state index in [-0.39, 0.29) is 18.7 Å². The molecule has 0 bridgehead atoms. The molecule has 2 atom stereocenters. The molecule has 0 amide bonds. The van der Waals surface area contributed by atoms with E-state index in [2.05, 4.69) is 20.8 Å². The maximum absolute atomic E-state index is 11.2. The van der Waals surface area contributed by atoms with E-state index in [9.17, 15) is 4.79 Å². The molecule has 94 valence electrons. The summed E-state index contributed by atoms with van der Waals surface area (Å²) in [7, 11) is 0. The predicted octanol–water partition coefficient (Wildman–Crippen LogP) is 2.78. The van der Waals surface area contributed by atoms with Crippen molar-refractivity contribution < 1.29 is 14.3 Å². The van der Waals surface area contributed by atoms with Crippen LogP contribution in [0, 0.1) is 11.3 Å². The molecular weight excluding hydrogens is 204 g/mol. The third kappa shape index (κ3) is 4.52. The van der Waals surface area contributed by atoms with E-state index in [1.54, 1.807) is 0 Å². The summed E-state index contributed by atoms with van der Waals surface area (Å²) >= 11 is 0. The van der Waals surface area contributed by atoms with E-state index >= 15 is 0 Å². The summed E-state index contributed by atoms with van der Waals surface area (Å²) in [5.41, 5.74) is 0.330. The first-order valence-electron chi connectivity index (χ1n) is 6.20. The third-order valence-electron chi connectivity index (χ3n) is 3.09. The van der Waals surface area contributed by atoms with E-state index in [0.29, 0.717) is 17.9 Å². The molecule has 1 fully saturated rings. The van der Waals surface area contributed by atoms with Gasteiger partial charge in [0.2, 0.25) is 0 Å². The maximum atomic E-state index is 11.2. The molecular formula is C13H24O3. The summed E-state index contributed by atoms with van der Waals surface area (Å²) in [5.74, 6) is 0.425. The van der Waals surface area contributed by atoms with Crippen LogP contribution in [0.4, 0.5) is 0 Å². The fraction of sp³-hybridized carbons (Fsp3) is 0.923. The smallest absolute Gasteiger partial charge is 0.332 e. The van der Waals surface area contributed by atoms with Gasteiger partial charge < -0.3 is 9.47 Å². The van der Waals surface area contributed by atoms with Crippen molar-refractivity contribution in [3.63, 3.8) is 0 Å². The average molecular weight is 228 g/mol. The number of carbonyl (C=O) groups is 1. The van der Waals surface area contributed by atoms with Gasteiger partial charge in [0, 0.05) is 0 Å². The molecule has 0 radical (unpaired) electrons. The van der Waals surface area contributed by atoms with Gasteiger partial charge in [0.25, 0.3) is 0 Å². The van der Waals surface area contributed by atoms with Crippen LogP contribution in [0.3, 0.4) is 0 Å². The highest BCUT2D eigenvalue weighted by Crippen LogP contribution is 2.39. The Morgan fingerprint density at radius 2 is 2.06 bits per heavy atom. The SMILES string of the molecule is CCOC(=O)COC1CC(C)CC(C)(C)C1. The highest BCUT2D eigenvalue weighted by molar-refractivity contribution is 5.70. The number of esters is 1. The Morgan fingerprint density at radius 1 is 1.38 bits per heavy atom. The Hall–Kier alpha value is -0.570. The van der Waals surface area contributed by atoms with Crippen molar-refractivity contribution in [3.05, 3.63) is 0 Å². The monoisotopic (exact) mass is 228 g/mol. The summed E-state index contributed by atoms with van der Waals surface area (Å²) in [6, 6.07) is 0. The van der Waals surface area contributed by atoms with Crippen LogP contribution in [-0.4, -0.2) is 25.3 Å². The molecule has 2 unspecified atom stereocenters. The first-order chi connectivity index (χ1) is 7.43. The Morgan fingerprint density at radius 3 is 2.62 bits per heavy atom. The highest BCUT2D eigenvalue weighted by Gasteiger charge is 2.32. The molecule has 0 spiro atoms. The van der Waals surface area contributed by atoms with E-state index < -0.39 is 0 Å². The average Bonchev–Trinajstić information content (AvgIpc) is 2.12. The van der Waals surface area contributed by atoms with Gasteiger partial charge in [-0.05, 0) is 37.5 Å². The minimum Gasteiger partial charge on any atom is -0.464 e. The van der Waals surface area contributed by atoms with Gasteiger partial charge in [-0.1, -0.05) is 20.8 Å². The molecule has 3 heteroatoms. The first kappa shape index (κ1) is 13.5. The predicted molar refractivity (Wildman–Crippen MR) is 63.2 cm³/mol. The van der Waals surface area contributed by atoms with E-state index in [1.165, 1.54) is 6.42 Å². The molecule has 0 N–H and O–H groups in total. The lowest BCUT2D eigenvalue weighted by Gasteiger charge is -2.38. The summed E-state index contributed by atoms with van der Waals surface area (Å²) in [4.78, 5) is 11.2. The Labute approximate surface area is 98.5 Å². The quantitative estimate of drug-likeness (QED) is 0.694. The number of rotatable bonds is 4. The minimum absolute atomic E-state index is 0.0985. The van der Waals surface area contributed by atoms with Crippen LogP contribution in [0.2, 0.25) is 0 Å². The summed E-state index contributed by atoms with van der Waals surface area (Å²) in [5, 5.41) is 0. The topological polar surface area (TPSA) is 35.5 Å². The molecule has 1 rings (SSSR count). The molecule has 0 aliphatic heterocycles. The van der Waals surface area contributed by atoms with Crippen molar-refractivity contribution >= 4 is 5.97 Å². The van der Waals surface area contributed by atoms with Crippen molar-refractivity contribution in [1.29, 1.82) is 0 Å². The largest absolute Gasteiger partial charge is 0.464 e. The molecule has 1 aliphatic rings. The van der Waals surface area contributed by atoms with E-state index in [1.807, 2.05) is 6.92 Å². The lowest BCUT2D eigenvalue weighted by Crippen LogP contribution is -2.33. The maximum Gasteiger partial charge on any atom is 0.332 e. The summed E-state index contributed by atoms with van der Waals surface area (Å²) < 4.78 is 10.5. The van der Waals surface area contributed by atoms with Crippen LogP contribution in [0.5, 0.6) is 0 Å². The Balaban J connectivity index is 2.34. The molecule has 1 aliphatic carbocycles. The fourth-order valence-corrected chi connectivity index (χ4v) is 2.77. The zero-order chi connectivity index (χ0) is 12.2. The zero-order valence-corrected chi connectivity index (χ0v) is 10.9. The normalized spacial score (nSPS) is 28.8. The van der Waals surface area contributed by atoms with Crippen LogP contribution < -0.4 is 0 Å². The molecule has 1 saturated carbocycles. The lowest BCUT2D eigenvalue weighted by atomic mass is 9.71. The second kappa shape index (κ2) is 5.67. The van der Waals surface area contributed by atoms with Gasteiger partial charge in [-0.2, -0.15) is 0 Å². The van der Waals surface area contributed by atoms with Gasteiger partial charge in [0.15, 0.2) is 0 Å². The molecule has 3 nitrogen and oxygen atoms in total. The van der Waals surface area contributed by atoms with Crippen molar-refractivity contribution in [3.8, 4) is 0 Å². The third-order valence-corrected chi connectivity index (χ3v) is 3.09. The van der Waals surface area contributed by atoms with E-state index in [4.69, 9.17) is 9.47 Å². The molecule has 0 aromatic rings. The summed E-state index contributed by atoms with van der Waals surface area (Å²) in [6.07, 6.45) is 3.55. The van der Waals surface area contributed by atoms with Gasteiger partial charge >= 0.3 is 5.97 Å². The zero-order valence-electron chi connectivity index (χ0n) is 10.9. The fourth-order valence-electron chi connectivity index (χ4n) is 2.77. The number of ether oxygens (including phenoxy) is 2. The first-order valence-corrected chi connectivity index (χ1v) is 6.20. The van der Waals surface area contributed by atoms with Crippen LogP contribution in [0.1, 0.15) is 47.0 Å². The lowest BCUT2D eigenvalue weighted by molar-refractivity contribution is -0.152. The molecule has 0 aromatic heterocycles. The van der Waals surface area contributed by atoms with Crippen LogP contribution in [-0.2, 0) is 14.3 Å². The van der Waals surface area contributed by atoms with Crippen molar-refractivity contribution in [2.24, 2.45) is 11.3 Å². The van der Waals surface area contributed by atoms with Crippen LogP contribution >= 0.6 is 0 Å².